The van der Waals surface area contributed by atoms with Gasteiger partial charge in [-0.3, -0.25) is 0 Å². The van der Waals surface area contributed by atoms with Crippen LogP contribution in [0.5, 0.6) is 11.5 Å². The first-order chi connectivity index (χ1) is 20.3. The van der Waals surface area contributed by atoms with Crippen molar-refractivity contribution in [3.05, 3.63) is 58.1 Å². The number of rotatable bonds is 7. The lowest BCUT2D eigenvalue weighted by molar-refractivity contribution is -0.866. The number of benzene rings is 2. The van der Waals surface area contributed by atoms with E-state index in [0.717, 1.165) is 24.3 Å². The van der Waals surface area contributed by atoms with E-state index in [0.29, 0.717) is 12.1 Å². The molecule has 3 heterocycles. The van der Waals surface area contributed by atoms with Gasteiger partial charge in [0.05, 0.1) is 11.1 Å². The maximum absolute atomic E-state index is 7.29. The van der Waals surface area contributed by atoms with Gasteiger partial charge in [-0.15, -0.1) is 0 Å². The lowest BCUT2D eigenvalue weighted by Crippen LogP contribution is -2.60. The zero-order chi connectivity index (χ0) is 30.8. The Morgan fingerprint density at radius 3 is 1.86 bits per heavy atom. The molecule has 4 heteroatoms. The molecule has 43 heavy (non-hydrogen) atoms. The lowest BCUT2D eigenvalue weighted by Gasteiger charge is -2.34. The van der Waals surface area contributed by atoms with E-state index in [1.54, 1.807) is 0 Å². The summed E-state index contributed by atoms with van der Waals surface area (Å²) in [6.45, 7) is 20.9. The van der Waals surface area contributed by atoms with Gasteiger partial charge in [0, 0.05) is 18.4 Å². The van der Waals surface area contributed by atoms with Gasteiger partial charge in [0.15, 0.2) is 23.9 Å². The van der Waals surface area contributed by atoms with Crippen molar-refractivity contribution < 1.29 is 18.6 Å². The molecule has 2 aromatic rings. The minimum Gasteiger partial charge on any atom is -0.341 e. The first-order valence-corrected chi connectivity index (χ1v) is 17.3. The van der Waals surface area contributed by atoms with E-state index >= 15 is 0 Å². The van der Waals surface area contributed by atoms with Gasteiger partial charge >= 0.3 is 6.03 Å². The van der Waals surface area contributed by atoms with Crippen molar-refractivity contribution in [1.29, 1.82) is 0 Å². The van der Waals surface area contributed by atoms with Crippen LogP contribution < -0.4 is 9.47 Å². The molecule has 0 N–H and O–H groups in total. The summed E-state index contributed by atoms with van der Waals surface area (Å²) in [5.74, 6) is 1.90. The Morgan fingerprint density at radius 1 is 0.721 bits per heavy atom. The van der Waals surface area contributed by atoms with Gasteiger partial charge in [-0.2, -0.15) is 0 Å². The third-order valence-corrected chi connectivity index (χ3v) is 10.8. The molecule has 4 aliphatic rings. The average Bonchev–Trinajstić information content (AvgIpc) is 3.23. The number of fused-ring (bicyclic) bond motifs is 5. The second-order valence-electron chi connectivity index (χ2n) is 16.2. The molecule has 0 aromatic heterocycles. The molecule has 4 nitrogen and oxygen atoms in total. The number of hydrogen-bond donors (Lipinski definition) is 0. The van der Waals surface area contributed by atoms with E-state index in [-0.39, 0.29) is 16.2 Å². The Bertz CT molecular complexity index is 1440. The van der Waals surface area contributed by atoms with Gasteiger partial charge in [-0.1, -0.05) is 109 Å². The van der Waals surface area contributed by atoms with Gasteiger partial charge in [0.1, 0.15) is 0 Å². The predicted octanol–water partition coefficient (Wildman–Crippen LogP) is 9.20. The number of nitrogens with zero attached hydrogens (tertiary/aromatic N) is 2. The maximum Gasteiger partial charge on any atom is 0.704 e. The van der Waals surface area contributed by atoms with Crippen molar-refractivity contribution in [3.63, 3.8) is 0 Å². The summed E-state index contributed by atoms with van der Waals surface area (Å²) in [4.78, 5) is 0. The Labute approximate surface area is 261 Å². The molecule has 232 valence electrons. The molecule has 1 spiro atoms. The quantitative estimate of drug-likeness (QED) is 0.303. The first kappa shape index (κ1) is 30.4. The fraction of sp³-hybridized carbons (Fsp3) is 0.641. The second-order valence-corrected chi connectivity index (χ2v) is 16.2. The maximum atomic E-state index is 7.29. The highest BCUT2D eigenvalue weighted by Crippen LogP contribution is 2.48. The Balaban J connectivity index is 1.49. The lowest BCUT2D eigenvalue weighted by atomic mass is 9.74. The zero-order valence-electron chi connectivity index (χ0n) is 28.5. The van der Waals surface area contributed by atoms with E-state index < -0.39 is 6.03 Å². The fourth-order valence-electron chi connectivity index (χ4n) is 7.97. The van der Waals surface area contributed by atoms with Crippen molar-refractivity contribution in [1.82, 2.24) is 0 Å². The van der Waals surface area contributed by atoms with Gasteiger partial charge in [-0.05, 0) is 71.3 Å². The molecule has 3 atom stereocenters. The van der Waals surface area contributed by atoms with Crippen molar-refractivity contribution in [2.24, 2.45) is 0 Å². The van der Waals surface area contributed by atoms with Crippen LogP contribution in [-0.2, 0) is 16.2 Å². The molecule has 2 fully saturated rings. The van der Waals surface area contributed by atoms with E-state index in [9.17, 15) is 0 Å². The minimum atomic E-state index is -0.988. The molecule has 3 unspecified atom stereocenters. The normalized spacial score (nSPS) is 24.4. The number of unbranched alkanes of at least 4 members (excludes halogenated alkanes) is 2. The molecule has 0 bridgehead atoms. The highest BCUT2D eigenvalue weighted by molar-refractivity contribution is 5.84. The summed E-state index contributed by atoms with van der Waals surface area (Å²) in [7, 11) is 0. The fourth-order valence-corrected chi connectivity index (χ4v) is 7.97. The molecular weight excluding hydrogens is 528 g/mol. The van der Waals surface area contributed by atoms with Gasteiger partial charge in [0.25, 0.3) is 0 Å². The molecule has 0 amide bonds. The van der Waals surface area contributed by atoms with Crippen LogP contribution in [0.25, 0.3) is 0 Å². The predicted molar refractivity (Wildman–Crippen MR) is 178 cm³/mol. The summed E-state index contributed by atoms with van der Waals surface area (Å²) in [5.41, 5.74) is 6.61. The van der Waals surface area contributed by atoms with Crippen LogP contribution in [0.4, 0.5) is 0 Å². The van der Waals surface area contributed by atoms with Crippen molar-refractivity contribution in [2.45, 2.75) is 161 Å². The zero-order valence-corrected chi connectivity index (χ0v) is 28.5. The average molecular weight is 585 g/mol. The second kappa shape index (κ2) is 10.8. The smallest absolute Gasteiger partial charge is 0.341 e. The molecule has 3 aliphatic heterocycles. The van der Waals surface area contributed by atoms with E-state index in [2.05, 4.69) is 114 Å². The van der Waals surface area contributed by atoms with Gasteiger partial charge in [-0.25, -0.2) is 0 Å². The highest BCUT2D eigenvalue weighted by atomic mass is 16.7. The Kier molecular flexibility index (Phi) is 7.62. The van der Waals surface area contributed by atoms with Crippen LogP contribution in [0.2, 0.25) is 0 Å². The number of hydrogen-bond acceptors (Lipinski definition) is 2. The molecule has 0 radical (unpaired) electrons. The van der Waals surface area contributed by atoms with Crippen molar-refractivity contribution >= 4 is 12.4 Å². The van der Waals surface area contributed by atoms with E-state index in [1.165, 1.54) is 79.2 Å². The molecule has 6 rings (SSSR count). The minimum absolute atomic E-state index is 0.0525. The molecule has 1 saturated heterocycles. The van der Waals surface area contributed by atoms with E-state index in [1.807, 2.05) is 0 Å². The van der Waals surface area contributed by atoms with Crippen molar-refractivity contribution in [2.75, 3.05) is 0 Å². The van der Waals surface area contributed by atoms with Crippen LogP contribution in [0.3, 0.4) is 0 Å². The van der Waals surface area contributed by atoms with Gasteiger partial charge in [0.2, 0.25) is 12.1 Å². The standard InChI is InChI=1S/C39H56N2O2/c1-10-12-20-38(9,21-13-11-2)29-18-19-34-27(22-29)25-40-32-16-14-15-17-33(32)41-26-28-23-30(36(3,4)5)24-31(37(6,7)8)35(28)43-39(40,41)42-34/h18-19,22-26,32-33H,10-17,20-21H2,1-9H3/q+2. The summed E-state index contributed by atoms with van der Waals surface area (Å²) < 4.78 is 19.4. The molecule has 1 saturated carbocycles. The van der Waals surface area contributed by atoms with Crippen LogP contribution in [0.1, 0.15) is 154 Å². The van der Waals surface area contributed by atoms with Crippen LogP contribution in [0.15, 0.2) is 30.3 Å². The van der Waals surface area contributed by atoms with Crippen LogP contribution >= 0.6 is 0 Å². The monoisotopic (exact) mass is 584 g/mol. The molecular formula is C39H56N2O2+2. The number of ether oxygens (including phenoxy) is 2. The topological polar surface area (TPSA) is 24.5 Å². The molecule has 1 aliphatic carbocycles. The Morgan fingerprint density at radius 2 is 1.30 bits per heavy atom. The Hall–Kier alpha value is -2.62. The molecule has 2 aromatic carbocycles. The van der Waals surface area contributed by atoms with E-state index in [4.69, 9.17) is 9.47 Å². The third kappa shape index (κ3) is 5.15. The summed E-state index contributed by atoms with van der Waals surface area (Å²) in [6, 6.07) is 11.5. The van der Waals surface area contributed by atoms with Crippen molar-refractivity contribution in [3.8, 4) is 11.5 Å². The summed E-state index contributed by atoms with van der Waals surface area (Å²) in [6.07, 6.45) is 17.1. The largest absolute Gasteiger partial charge is 0.704 e. The van der Waals surface area contributed by atoms with Crippen LogP contribution in [-0.4, -0.2) is 39.7 Å². The highest BCUT2D eigenvalue weighted by Gasteiger charge is 2.76. The van der Waals surface area contributed by atoms with Gasteiger partial charge < -0.3 is 9.47 Å². The first-order valence-electron chi connectivity index (χ1n) is 17.3. The summed E-state index contributed by atoms with van der Waals surface area (Å²) >= 11 is 0. The third-order valence-electron chi connectivity index (χ3n) is 10.8. The van der Waals surface area contributed by atoms with Crippen LogP contribution in [0, 0.1) is 0 Å². The summed E-state index contributed by atoms with van der Waals surface area (Å²) in [5, 5.41) is 0. The SMILES string of the molecule is CCCCC(C)(CCCC)c1ccc2c(c1)C=[N+]1C3CCCCC3[N+]3=Cc4cc(C(C)(C)C)cc(C(C)(C)C)c4OC13O2.